The van der Waals surface area contributed by atoms with E-state index >= 15 is 0 Å². The number of nitrogens with zero attached hydrogens (tertiary/aromatic N) is 2. The van der Waals surface area contributed by atoms with Crippen molar-refractivity contribution in [2.45, 2.75) is 22.0 Å². The number of hydrogen-bond acceptors (Lipinski definition) is 7. The van der Waals surface area contributed by atoms with Crippen molar-refractivity contribution in [1.82, 2.24) is 10.2 Å². The molecule has 1 aromatic heterocycles. The van der Waals surface area contributed by atoms with Crippen molar-refractivity contribution in [2.24, 2.45) is 0 Å². The number of hydrogen-bond donors (Lipinski definition) is 0. The zero-order valence-corrected chi connectivity index (χ0v) is 17.2. The average molecular weight is 415 g/mol. The quantitative estimate of drug-likeness (QED) is 0.361. The summed E-state index contributed by atoms with van der Waals surface area (Å²) in [5.41, 5.74) is 2.63. The Bertz CT molecular complexity index is 908. The number of Topliss-reactive ketones (excluding diaryl/α,β-unsaturated/α-hetero) is 2. The number of benzene rings is 2. The van der Waals surface area contributed by atoms with Crippen molar-refractivity contribution in [3.05, 3.63) is 71.3 Å². The van der Waals surface area contributed by atoms with Gasteiger partial charge >= 0.3 is 0 Å². The molecule has 0 spiro atoms. The van der Waals surface area contributed by atoms with Crippen LogP contribution in [0.25, 0.3) is 0 Å². The Morgan fingerprint density at radius 1 is 0.815 bits per heavy atom. The largest absolute Gasteiger partial charge is 0.293 e. The molecule has 27 heavy (non-hydrogen) atoms. The van der Waals surface area contributed by atoms with Gasteiger partial charge in [-0.3, -0.25) is 9.59 Å². The molecule has 0 aliphatic carbocycles. The predicted molar refractivity (Wildman–Crippen MR) is 112 cm³/mol. The molecule has 0 aliphatic rings. The lowest BCUT2D eigenvalue weighted by Gasteiger charge is -2.01. The average Bonchev–Trinajstić information content (AvgIpc) is 3.19. The lowest BCUT2D eigenvalue weighted by Crippen LogP contribution is -2.02. The Kier molecular flexibility index (Phi) is 7.20. The van der Waals surface area contributed by atoms with Crippen molar-refractivity contribution in [2.75, 3.05) is 11.5 Å². The summed E-state index contributed by atoms with van der Waals surface area (Å²) in [5.74, 6) is 0.793. The number of thioether (sulfide) groups is 2. The van der Waals surface area contributed by atoms with Gasteiger partial charge in [-0.05, 0) is 12.0 Å². The number of aryl methyl sites for hydroxylation is 1. The molecule has 0 radical (unpaired) electrons. The van der Waals surface area contributed by atoms with Crippen LogP contribution < -0.4 is 0 Å². The van der Waals surface area contributed by atoms with E-state index in [4.69, 9.17) is 0 Å². The maximum Gasteiger partial charge on any atom is 0.175 e. The molecule has 138 valence electrons. The predicted octanol–water partition coefficient (Wildman–Crippen LogP) is 5.05. The molecule has 0 saturated carbocycles. The lowest BCUT2D eigenvalue weighted by atomic mass is 10.1. The Morgan fingerprint density at radius 3 is 1.85 bits per heavy atom. The van der Waals surface area contributed by atoms with Gasteiger partial charge in [-0.2, -0.15) is 0 Å². The van der Waals surface area contributed by atoms with Crippen molar-refractivity contribution in [3.8, 4) is 0 Å². The summed E-state index contributed by atoms with van der Waals surface area (Å²) >= 11 is 4.17. The van der Waals surface area contributed by atoms with Crippen LogP contribution in [0.2, 0.25) is 0 Å². The summed E-state index contributed by atoms with van der Waals surface area (Å²) in [6.45, 7) is 2.09. The first-order valence-electron chi connectivity index (χ1n) is 8.45. The number of carbonyl (C=O) groups is 2. The number of rotatable bonds is 9. The highest BCUT2D eigenvalue weighted by Crippen LogP contribution is 2.29. The van der Waals surface area contributed by atoms with Gasteiger partial charge in [-0.25, -0.2) is 0 Å². The third-order valence-corrected chi connectivity index (χ3v) is 7.01. The first kappa shape index (κ1) is 19.8. The molecule has 7 heteroatoms. The lowest BCUT2D eigenvalue weighted by molar-refractivity contribution is 0.101. The molecule has 3 aromatic rings. The SMILES string of the molecule is CCc1ccc(C(=O)CSc2nnc(SCC(=O)c3ccccc3)s2)cc1. The van der Waals surface area contributed by atoms with Gasteiger partial charge in [0.2, 0.25) is 0 Å². The van der Waals surface area contributed by atoms with Crippen molar-refractivity contribution >= 4 is 46.4 Å². The second kappa shape index (κ2) is 9.82. The highest BCUT2D eigenvalue weighted by Gasteiger charge is 2.12. The molecule has 2 aromatic carbocycles. The van der Waals surface area contributed by atoms with Crippen molar-refractivity contribution < 1.29 is 9.59 Å². The van der Waals surface area contributed by atoms with E-state index in [1.54, 1.807) is 0 Å². The minimum atomic E-state index is 0.0655. The zero-order chi connectivity index (χ0) is 19.1. The van der Waals surface area contributed by atoms with Gasteiger partial charge in [0.15, 0.2) is 20.2 Å². The Balaban J connectivity index is 1.49. The molecule has 0 amide bonds. The molecule has 0 aliphatic heterocycles. The van der Waals surface area contributed by atoms with E-state index < -0.39 is 0 Å². The van der Waals surface area contributed by atoms with E-state index in [0.29, 0.717) is 22.6 Å². The number of aromatic nitrogens is 2. The second-order valence-electron chi connectivity index (χ2n) is 5.67. The van der Waals surface area contributed by atoms with Gasteiger partial charge in [-0.1, -0.05) is 96.4 Å². The van der Waals surface area contributed by atoms with Crippen molar-refractivity contribution in [1.29, 1.82) is 0 Å². The molecule has 4 nitrogen and oxygen atoms in total. The molecular formula is C20H18N2O2S3. The third kappa shape index (κ3) is 5.76. The molecule has 1 heterocycles. The first-order chi connectivity index (χ1) is 13.2. The summed E-state index contributed by atoms with van der Waals surface area (Å²) in [4.78, 5) is 24.4. The fourth-order valence-corrected chi connectivity index (χ4v) is 5.09. The Morgan fingerprint density at radius 2 is 1.33 bits per heavy atom. The summed E-state index contributed by atoms with van der Waals surface area (Å²) in [6.07, 6.45) is 0.960. The van der Waals surface area contributed by atoms with E-state index in [2.05, 4.69) is 17.1 Å². The van der Waals surface area contributed by atoms with E-state index in [1.165, 1.54) is 40.4 Å². The zero-order valence-electron chi connectivity index (χ0n) is 14.8. The van der Waals surface area contributed by atoms with Crippen LogP contribution in [0.5, 0.6) is 0 Å². The Labute approximate surface area is 170 Å². The second-order valence-corrected chi connectivity index (χ2v) is 9.10. The summed E-state index contributed by atoms with van der Waals surface area (Å²) in [5, 5.41) is 8.21. The molecule has 0 atom stereocenters. The van der Waals surface area contributed by atoms with Gasteiger partial charge in [-0.15, -0.1) is 10.2 Å². The number of ketones is 2. The standard InChI is InChI=1S/C20H18N2O2S3/c1-2-14-8-10-16(11-9-14)18(24)13-26-20-22-21-19(27-20)25-12-17(23)15-6-4-3-5-7-15/h3-11H,2,12-13H2,1H3. The molecule has 0 fully saturated rings. The summed E-state index contributed by atoms with van der Waals surface area (Å²) in [7, 11) is 0. The van der Waals surface area contributed by atoms with Crippen LogP contribution in [0.3, 0.4) is 0 Å². The molecule has 0 N–H and O–H groups in total. The first-order valence-corrected chi connectivity index (χ1v) is 11.2. The van der Waals surface area contributed by atoms with E-state index in [0.717, 1.165) is 15.1 Å². The Hall–Kier alpha value is -1.96. The smallest absolute Gasteiger partial charge is 0.175 e. The van der Waals surface area contributed by atoms with Gasteiger partial charge in [0, 0.05) is 11.1 Å². The minimum Gasteiger partial charge on any atom is -0.293 e. The van der Waals surface area contributed by atoms with Crippen LogP contribution in [0.1, 0.15) is 33.2 Å². The molecule has 0 unspecified atom stereocenters. The monoisotopic (exact) mass is 414 g/mol. The van der Waals surface area contributed by atoms with Crippen molar-refractivity contribution in [3.63, 3.8) is 0 Å². The molecule has 0 bridgehead atoms. The fourth-order valence-electron chi connectivity index (χ4n) is 2.29. The van der Waals surface area contributed by atoms with Crippen LogP contribution in [-0.2, 0) is 6.42 Å². The van der Waals surface area contributed by atoms with Crippen LogP contribution >= 0.6 is 34.9 Å². The van der Waals surface area contributed by atoms with Gasteiger partial charge < -0.3 is 0 Å². The van der Waals surface area contributed by atoms with Crippen LogP contribution in [0.15, 0.2) is 63.3 Å². The van der Waals surface area contributed by atoms with Gasteiger partial charge in [0.05, 0.1) is 11.5 Å². The van der Waals surface area contributed by atoms with Crippen LogP contribution in [0.4, 0.5) is 0 Å². The van der Waals surface area contributed by atoms with Gasteiger partial charge in [0.25, 0.3) is 0 Å². The normalized spacial score (nSPS) is 10.7. The summed E-state index contributed by atoms with van der Waals surface area (Å²) < 4.78 is 1.48. The van der Waals surface area contributed by atoms with Crippen LogP contribution in [0, 0.1) is 0 Å². The topological polar surface area (TPSA) is 59.9 Å². The molecule has 3 rings (SSSR count). The van der Waals surface area contributed by atoms with Gasteiger partial charge in [0.1, 0.15) is 0 Å². The van der Waals surface area contributed by atoms with E-state index in [9.17, 15) is 9.59 Å². The third-order valence-electron chi connectivity index (χ3n) is 3.82. The minimum absolute atomic E-state index is 0.0655. The highest BCUT2D eigenvalue weighted by atomic mass is 32.2. The number of carbonyl (C=O) groups excluding carboxylic acids is 2. The molecular weight excluding hydrogens is 396 g/mol. The van der Waals surface area contributed by atoms with Crippen LogP contribution in [-0.4, -0.2) is 33.3 Å². The maximum absolute atomic E-state index is 12.3. The van der Waals surface area contributed by atoms with E-state index in [-0.39, 0.29) is 11.6 Å². The maximum atomic E-state index is 12.3. The summed E-state index contributed by atoms with van der Waals surface area (Å²) in [6, 6.07) is 16.9. The fraction of sp³-hybridized carbons (Fsp3) is 0.200. The highest BCUT2D eigenvalue weighted by molar-refractivity contribution is 8.03. The molecule has 0 saturated heterocycles. The van der Waals surface area contributed by atoms with E-state index in [1.807, 2.05) is 54.6 Å².